The van der Waals surface area contributed by atoms with Crippen LogP contribution in [0.15, 0.2) is 0 Å². The molecule has 0 aromatic carbocycles. The highest BCUT2D eigenvalue weighted by Gasteiger charge is 2.25. The van der Waals surface area contributed by atoms with E-state index in [2.05, 4.69) is 20.7 Å². The van der Waals surface area contributed by atoms with E-state index >= 15 is 0 Å². The first-order valence-electron chi connectivity index (χ1n) is 5.62. The number of ether oxygens (including phenoxy) is 1. The fourth-order valence-corrected chi connectivity index (χ4v) is 3.81. The summed E-state index contributed by atoms with van der Waals surface area (Å²) < 4.78 is 31.6. The minimum absolute atomic E-state index is 0.0502. The van der Waals surface area contributed by atoms with Gasteiger partial charge in [-0.25, -0.2) is 13.1 Å². The van der Waals surface area contributed by atoms with Gasteiger partial charge in [0.2, 0.25) is 10.0 Å². The highest BCUT2D eigenvalue weighted by molar-refractivity contribution is 9.09. The van der Waals surface area contributed by atoms with Crippen molar-refractivity contribution in [2.45, 2.75) is 38.8 Å². The summed E-state index contributed by atoms with van der Waals surface area (Å²) in [6.45, 7) is 4.58. The fraction of sp³-hybridized carbons (Fsp3) is 1.00. The zero-order valence-electron chi connectivity index (χ0n) is 9.78. The number of sulfonamides is 1. The van der Waals surface area contributed by atoms with Crippen molar-refractivity contribution in [1.82, 2.24) is 4.72 Å². The van der Waals surface area contributed by atoms with Gasteiger partial charge in [-0.1, -0.05) is 22.9 Å². The first-order chi connectivity index (χ1) is 7.44. The quantitative estimate of drug-likeness (QED) is 0.756. The van der Waals surface area contributed by atoms with E-state index in [0.29, 0.717) is 6.61 Å². The van der Waals surface area contributed by atoms with Crippen LogP contribution in [0.4, 0.5) is 0 Å². The van der Waals surface area contributed by atoms with Crippen LogP contribution in [-0.2, 0) is 14.8 Å². The Labute approximate surface area is 106 Å². The summed E-state index contributed by atoms with van der Waals surface area (Å²) in [7, 11) is -3.22. The number of rotatable bonds is 6. The molecule has 0 saturated carbocycles. The minimum atomic E-state index is -3.22. The van der Waals surface area contributed by atoms with E-state index < -0.39 is 10.0 Å². The predicted molar refractivity (Wildman–Crippen MR) is 68.3 cm³/mol. The van der Waals surface area contributed by atoms with E-state index in [9.17, 15) is 8.42 Å². The Kier molecular flexibility index (Phi) is 5.70. The van der Waals surface area contributed by atoms with Crippen LogP contribution < -0.4 is 4.72 Å². The molecule has 0 amide bonds. The van der Waals surface area contributed by atoms with Gasteiger partial charge in [0.1, 0.15) is 0 Å². The van der Waals surface area contributed by atoms with Crippen LogP contribution in [0.2, 0.25) is 0 Å². The summed E-state index contributed by atoms with van der Waals surface area (Å²) in [5.74, 6) is 0.367. The van der Waals surface area contributed by atoms with Crippen LogP contribution in [0.5, 0.6) is 0 Å². The number of hydrogen-bond donors (Lipinski definition) is 1. The van der Waals surface area contributed by atoms with Crippen LogP contribution in [0.1, 0.15) is 26.7 Å². The molecule has 3 unspecified atom stereocenters. The highest BCUT2D eigenvalue weighted by Crippen LogP contribution is 2.14. The van der Waals surface area contributed by atoms with Gasteiger partial charge in [0.05, 0.1) is 11.9 Å². The SMILES string of the molecule is CC(CBr)C(C)NS(=O)(=O)CC1CCCO1. The van der Waals surface area contributed by atoms with Gasteiger partial charge < -0.3 is 4.74 Å². The molecule has 0 radical (unpaired) electrons. The third-order valence-electron chi connectivity index (χ3n) is 2.89. The van der Waals surface area contributed by atoms with Crippen LogP contribution in [0, 0.1) is 5.92 Å². The number of halogens is 1. The lowest BCUT2D eigenvalue weighted by Crippen LogP contribution is -2.41. The van der Waals surface area contributed by atoms with E-state index in [0.717, 1.165) is 18.2 Å². The maximum Gasteiger partial charge on any atom is 0.214 e. The standard InChI is InChI=1S/C10H20BrNO3S/c1-8(6-11)9(2)12-16(13,14)7-10-4-3-5-15-10/h8-10,12H,3-7H2,1-2H3. The first-order valence-corrected chi connectivity index (χ1v) is 8.39. The van der Waals surface area contributed by atoms with Crippen molar-refractivity contribution < 1.29 is 13.2 Å². The smallest absolute Gasteiger partial charge is 0.214 e. The van der Waals surface area contributed by atoms with Crippen molar-refractivity contribution in [3.63, 3.8) is 0 Å². The lowest BCUT2D eigenvalue weighted by Gasteiger charge is -2.20. The van der Waals surface area contributed by atoms with Crippen molar-refractivity contribution in [1.29, 1.82) is 0 Å². The second kappa shape index (κ2) is 6.33. The van der Waals surface area contributed by atoms with Crippen LogP contribution in [-0.4, -0.2) is 38.3 Å². The van der Waals surface area contributed by atoms with Crippen molar-refractivity contribution in [2.75, 3.05) is 17.7 Å². The maximum absolute atomic E-state index is 11.8. The maximum atomic E-state index is 11.8. The average molecular weight is 314 g/mol. The number of nitrogens with one attached hydrogen (secondary N) is 1. The van der Waals surface area contributed by atoms with Gasteiger partial charge in [-0.15, -0.1) is 0 Å². The number of alkyl halides is 1. The second-order valence-electron chi connectivity index (χ2n) is 4.45. The molecule has 0 aliphatic carbocycles. The third kappa shape index (κ3) is 4.69. The molecule has 0 bridgehead atoms. The van der Waals surface area contributed by atoms with Crippen molar-refractivity contribution in [2.24, 2.45) is 5.92 Å². The summed E-state index contributed by atoms with van der Waals surface area (Å²) >= 11 is 3.35. The molecule has 0 aromatic rings. The zero-order chi connectivity index (χ0) is 12.2. The number of hydrogen-bond acceptors (Lipinski definition) is 3. The monoisotopic (exact) mass is 313 g/mol. The Morgan fingerprint density at radius 1 is 1.50 bits per heavy atom. The molecule has 1 aliphatic heterocycles. The van der Waals surface area contributed by atoms with Gasteiger partial charge in [-0.2, -0.15) is 0 Å². The molecule has 4 nitrogen and oxygen atoms in total. The Balaban J connectivity index is 2.44. The molecule has 3 atom stereocenters. The average Bonchev–Trinajstić information content (AvgIpc) is 2.67. The normalized spacial score (nSPS) is 25.6. The molecule has 1 heterocycles. The molecule has 1 aliphatic rings. The summed E-state index contributed by atoms with van der Waals surface area (Å²) in [5.41, 5.74) is 0. The Morgan fingerprint density at radius 3 is 2.69 bits per heavy atom. The van der Waals surface area contributed by atoms with Crippen molar-refractivity contribution >= 4 is 26.0 Å². The second-order valence-corrected chi connectivity index (χ2v) is 6.90. The van der Waals surface area contributed by atoms with Gasteiger partial charge in [-0.3, -0.25) is 0 Å². The van der Waals surface area contributed by atoms with Crippen LogP contribution in [0.25, 0.3) is 0 Å². The van der Waals surface area contributed by atoms with E-state index in [1.54, 1.807) is 0 Å². The highest BCUT2D eigenvalue weighted by atomic mass is 79.9. The Hall–Kier alpha value is 0.350. The topological polar surface area (TPSA) is 55.4 Å². The summed E-state index contributed by atoms with van der Waals surface area (Å²) in [6, 6.07) is -0.0502. The van der Waals surface area contributed by atoms with E-state index in [-0.39, 0.29) is 23.8 Å². The van der Waals surface area contributed by atoms with Crippen LogP contribution >= 0.6 is 15.9 Å². The van der Waals surface area contributed by atoms with Crippen LogP contribution in [0.3, 0.4) is 0 Å². The van der Waals surface area contributed by atoms with Crippen molar-refractivity contribution in [3.8, 4) is 0 Å². The molecule has 1 N–H and O–H groups in total. The van der Waals surface area contributed by atoms with E-state index in [4.69, 9.17) is 4.74 Å². The van der Waals surface area contributed by atoms with E-state index in [1.165, 1.54) is 0 Å². The fourth-order valence-electron chi connectivity index (χ4n) is 1.60. The third-order valence-corrected chi connectivity index (χ3v) is 5.45. The molecule has 0 spiro atoms. The van der Waals surface area contributed by atoms with Gasteiger partial charge >= 0.3 is 0 Å². The van der Waals surface area contributed by atoms with Gasteiger partial charge in [-0.05, 0) is 25.7 Å². The largest absolute Gasteiger partial charge is 0.377 e. The molecule has 96 valence electrons. The molecular formula is C10H20BrNO3S. The molecular weight excluding hydrogens is 294 g/mol. The molecule has 6 heteroatoms. The lowest BCUT2D eigenvalue weighted by atomic mass is 10.1. The first kappa shape index (κ1) is 14.4. The minimum Gasteiger partial charge on any atom is -0.377 e. The van der Waals surface area contributed by atoms with Crippen molar-refractivity contribution in [3.05, 3.63) is 0 Å². The van der Waals surface area contributed by atoms with Gasteiger partial charge in [0.25, 0.3) is 0 Å². The molecule has 16 heavy (non-hydrogen) atoms. The summed E-state index contributed by atoms with van der Waals surface area (Å²) in [6.07, 6.45) is 1.69. The Morgan fingerprint density at radius 2 is 2.19 bits per heavy atom. The zero-order valence-corrected chi connectivity index (χ0v) is 12.2. The lowest BCUT2D eigenvalue weighted by molar-refractivity contribution is 0.127. The Bertz CT molecular complexity index is 301. The molecule has 1 rings (SSSR count). The van der Waals surface area contributed by atoms with Gasteiger partial charge in [0.15, 0.2) is 0 Å². The molecule has 0 aromatic heterocycles. The van der Waals surface area contributed by atoms with Gasteiger partial charge in [0, 0.05) is 18.0 Å². The van der Waals surface area contributed by atoms with E-state index in [1.807, 2.05) is 13.8 Å². The predicted octanol–water partition coefficient (Wildman–Crippen LogP) is 1.50. The summed E-state index contributed by atoms with van der Waals surface area (Å²) in [5, 5.41) is 0.788. The summed E-state index contributed by atoms with van der Waals surface area (Å²) in [4.78, 5) is 0. The molecule has 1 fully saturated rings. The molecule has 1 saturated heterocycles.